The molecule has 0 bridgehead atoms. The van der Waals surface area contributed by atoms with Crippen LogP contribution < -0.4 is 4.90 Å². The predicted molar refractivity (Wildman–Crippen MR) is 80.7 cm³/mol. The van der Waals surface area contributed by atoms with Crippen molar-refractivity contribution in [1.82, 2.24) is 0 Å². The number of nitrogens with zero attached hydrogens (tertiary/aromatic N) is 1. The van der Waals surface area contributed by atoms with Crippen molar-refractivity contribution in [2.75, 3.05) is 25.2 Å². The van der Waals surface area contributed by atoms with E-state index in [0.717, 1.165) is 30.6 Å². The Balaban J connectivity index is 3.08. The Bertz CT molecular complexity index is 375. The molecule has 0 saturated carbocycles. The summed E-state index contributed by atoms with van der Waals surface area (Å²) in [6.07, 6.45) is 2.19. The fraction of sp³-hybridized carbons (Fsp3) is 0.625. The Kier molecular flexibility index (Phi) is 6.89. The van der Waals surface area contributed by atoms with E-state index < -0.39 is 0 Å². The number of methoxy groups -OCH3 is 1. The Hall–Kier alpha value is -1.06. The highest BCUT2D eigenvalue weighted by atomic mass is 16.5. The Labute approximate surface area is 117 Å². The minimum Gasteiger partial charge on any atom is -0.392 e. The Morgan fingerprint density at radius 2 is 1.95 bits per heavy atom. The molecule has 0 aliphatic heterocycles. The van der Waals surface area contributed by atoms with Crippen molar-refractivity contribution in [3.63, 3.8) is 0 Å². The van der Waals surface area contributed by atoms with Crippen molar-refractivity contribution in [3.05, 3.63) is 29.3 Å². The Morgan fingerprint density at radius 3 is 2.47 bits per heavy atom. The molecule has 0 spiro atoms. The fourth-order valence-corrected chi connectivity index (χ4v) is 2.54. The van der Waals surface area contributed by atoms with Crippen molar-refractivity contribution in [2.45, 2.75) is 46.3 Å². The number of aryl methyl sites for hydroxylation is 1. The molecule has 0 amide bonds. The van der Waals surface area contributed by atoms with Gasteiger partial charge in [-0.1, -0.05) is 31.5 Å². The molecule has 1 N–H and O–H groups in total. The number of hydrogen-bond acceptors (Lipinski definition) is 3. The molecule has 1 aromatic carbocycles. The predicted octanol–water partition coefficient (Wildman–Crippen LogP) is 3.13. The monoisotopic (exact) mass is 265 g/mol. The molecule has 19 heavy (non-hydrogen) atoms. The lowest BCUT2D eigenvalue weighted by Gasteiger charge is -2.34. The maximum absolute atomic E-state index is 9.59. The second kappa shape index (κ2) is 8.18. The number of rotatable bonds is 8. The van der Waals surface area contributed by atoms with Crippen LogP contribution >= 0.6 is 0 Å². The third-order valence-corrected chi connectivity index (χ3v) is 3.63. The van der Waals surface area contributed by atoms with Gasteiger partial charge in [0, 0.05) is 30.9 Å². The summed E-state index contributed by atoms with van der Waals surface area (Å²) in [7, 11) is 1.73. The topological polar surface area (TPSA) is 32.7 Å². The lowest BCUT2D eigenvalue weighted by molar-refractivity contribution is 0.202. The summed E-state index contributed by atoms with van der Waals surface area (Å²) in [6, 6.07) is 6.78. The molecule has 0 unspecified atom stereocenters. The molecule has 108 valence electrons. The second-order valence-corrected chi connectivity index (χ2v) is 4.95. The van der Waals surface area contributed by atoms with Gasteiger partial charge in [0.25, 0.3) is 0 Å². The van der Waals surface area contributed by atoms with Crippen LogP contribution in [0.4, 0.5) is 5.69 Å². The molecule has 0 aliphatic carbocycles. The molecular weight excluding hydrogens is 238 g/mol. The molecule has 0 saturated heterocycles. The molecule has 0 aliphatic rings. The van der Waals surface area contributed by atoms with E-state index in [2.05, 4.69) is 43.9 Å². The normalized spacial score (nSPS) is 11.1. The van der Waals surface area contributed by atoms with Crippen molar-refractivity contribution in [1.29, 1.82) is 0 Å². The summed E-state index contributed by atoms with van der Waals surface area (Å²) < 4.78 is 5.23. The van der Waals surface area contributed by atoms with E-state index in [1.54, 1.807) is 7.11 Å². The van der Waals surface area contributed by atoms with Crippen molar-refractivity contribution in [3.8, 4) is 0 Å². The second-order valence-electron chi connectivity index (χ2n) is 4.95. The summed E-state index contributed by atoms with van der Waals surface area (Å²) in [5.74, 6) is 0. The van der Waals surface area contributed by atoms with Crippen molar-refractivity contribution < 1.29 is 9.84 Å². The van der Waals surface area contributed by atoms with E-state index in [-0.39, 0.29) is 6.61 Å². The average Bonchev–Trinajstić information content (AvgIpc) is 2.43. The van der Waals surface area contributed by atoms with E-state index >= 15 is 0 Å². The first-order valence-electron chi connectivity index (χ1n) is 7.13. The van der Waals surface area contributed by atoms with E-state index in [0.29, 0.717) is 12.6 Å². The van der Waals surface area contributed by atoms with Gasteiger partial charge in [-0.25, -0.2) is 0 Å². The van der Waals surface area contributed by atoms with Gasteiger partial charge in [0.1, 0.15) is 0 Å². The first-order valence-corrected chi connectivity index (χ1v) is 7.13. The molecule has 3 heteroatoms. The number of benzene rings is 1. The number of aliphatic hydroxyl groups excluding tert-OH is 1. The van der Waals surface area contributed by atoms with Gasteiger partial charge in [0.2, 0.25) is 0 Å². The van der Waals surface area contributed by atoms with Crippen LogP contribution in [0.5, 0.6) is 0 Å². The molecule has 0 atom stereocenters. The summed E-state index contributed by atoms with van der Waals surface area (Å²) >= 11 is 0. The lowest BCUT2D eigenvalue weighted by Crippen LogP contribution is -2.37. The van der Waals surface area contributed by atoms with E-state index in [9.17, 15) is 5.11 Å². The quantitative estimate of drug-likeness (QED) is 0.784. The van der Waals surface area contributed by atoms with Crippen LogP contribution in [0, 0.1) is 6.92 Å². The molecular formula is C16H27NO2. The van der Waals surface area contributed by atoms with Gasteiger partial charge in [-0.05, 0) is 25.8 Å². The highest BCUT2D eigenvalue weighted by Gasteiger charge is 2.18. The van der Waals surface area contributed by atoms with Gasteiger partial charge in [-0.15, -0.1) is 0 Å². The number of ether oxygens (including phenoxy) is 1. The molecule has 1 aromatic rings. The minimum absolute atomic E-state index is 0.0840. The fourth-order valence-electron chi connectivity index (χ4n) is 2.54. The standard InChI is InChI=1S/C16H27NO2/c1-5-15(6-2)17(9-10-19-4)16-8-7-13(3)11-14(16)12-18/h7-8,11,15,18H,5-6,9-10,12H2,1-4H3. The summed E-state index contributed by atoms with van der Waals surface area (Å²) in [5.41, 5.74) is 3.32. The first kappa shape index (κ1) is 16.0. The van der Waals surface area contributed by atoms with Gasteiger partial charge in [0.15, 0.2) is 0 Å². The molecule has 1 rings (SSSR count). The molecule has 0 aromatic heterocycles. The van der Waals surface area contributed by atoms with Crippen LogP contribution in [0.3, 0.4) is 0 Å². The number of anilines is 1. The summed E-state index contributed by atoms with van der Waals surface area (Å²) in [4.78, 5) is 2.37. The summed E-state index contributed by atoms with van der Waals surface area (Å²) in [5, 5.41) is 9.59. The smallest absolute Gasteiger partial charge is 0.0702 e. The zero-order valence-corrected chi connectivity index (χ0v) is 12.6. The third kappa shape index (κ3) is 4.22. The van der Waals surface area contributed by atoms with Crippen LogP contribution in [0.25, 0.3) is 0 Å². The first-order chi connectivity index (χ1) is 9.17. The van der Waals surface area contributed by atoms with Gasteiger partial charge in [-0.2, -0.15) is 0 Å². The zero-order chi connectivity index (χ0) is 14.3. The SMILES string of the molecule is CCC(CC)N(CCOC)c1ccc(C)cc1CO. The maximum atomic E-state index is 9.59. The van der Waals surface area contributed by atoms with E-state index in [1.165, 1.54) is 5.56 Å². The molecule has 0 heterocycles. The Morgan fingerprint density at radius 1 is 1.26 bits per heavy atom. The average molecular weight is 265 g/mol. The van der Waals surface area contributed by atoms with Crippen LogP contribution in [-0.2, 0) is 11.3 Å². The molecule has 3 nitrogen and oxygen atoms in total. The lowest BCUT2D eigenvalue weighted by atomic mass is 10.0. The van der Waals surface area contributed by atoms with Gasteiger partial charge in [-0.3, -0.25) is 0 Å². The van der Waals surface area contributed by atoms with Crippen LogP contribution in [-0.4, -0.2) is 31.4 Å². The minimum atomic E-state index is 0.0840. The van der Waals surface area contributed by atoms with Gasteiger partial charge >= 0.3 is 0 Å². The summed E-state index contributed by atoms with van der Waals surface area (Å²) in [6.45, 7) is 8.12. The highest BCUT2D eigenvalue weighted by molar-refractivity contribution is 5.55. The zero-order valence-electron chi connectivity index (χ0n) is 12.6. The van der Waals surface area contributed by atoms with Gasteiger partial charge in [0.05, 0.1) is 13.2 Å². The van der Waals surface area contributed by atoms with Crippen LogP contribution in [0.15, 0.2) is 18.2 Å². The third-order valence-electron chi connectivity index (χ3n) is 3.63. The molecule has 0 radical (unpaired) electrons. The van der Waals surface area contributed by atoms with Crippen molar-refractivity contribution >= 4 is 5.69 Å². The maximum Gasteiger partial charge on any atom is 0.0702 e. The highest BCUT2D eigenvalue weighted by Crippen LogP contribution is 2.26. The largest absolute Gasteiger partial charge is 0.392 e. The molecule has 0 fully saturated rings. The van der Waals surface area contributed by atoms with E-state index in [4.69, 9.17) is 4.74 Å². The number of aliphatic hydroxyl groups is 1. The van der Waals surface area contributed by atoms with Crippen molar-refractivity contribution in [2.24, 2.45) is 0 Å². The number of hydrogen-bond donors (Lipinski definition) is 1. The van der Waals surface area contributed by atoms with Crippen LogP contribution in [0.2, 0.25) is 0 Å². The van der Waals surface area contributed by atoms with E-state index in [1.807, 2.05) is 0 Å². The van der Waals surface area contributed by atoms with Gasteiger partial charge < -0.3 is 14.7 Å². The van der Waals surface area contributed by atoms with Crippen LogP contribution in [0.1, 0.15) is 37.8 Å².